The molecule has 0 saturated heterocycles. The van der Waals surface area contributed by atoms with Crippen LogP contribution in [0.3, 0.4) is 0 Å². The Hall–Kier alpha value is -6.90. The Bertz CT molecular complexity index is 2780. The molecule has 0 saturated carbocycles. The molecule has 284 valence electrons. The molecule has 2 nitrogen and oxygen atoms in total. The Balaban J connectivity index is 1.26. The third-order valence-electron chi connectivity index (χ3n) is 11.1. The summed E-state index contributed by atoms with van der Waals surface area (Å²) >= 11 is 0. The summed E-state index contributed by atoms with van der Waals surface area (Å²) in [4.78, 5) is 2.42. The van der Waals surface area contributed by atoms with Gasteiger partial charge in [0.2, 0.25) is 0 Å². The van der Waals surface area contributed by atoms with Gasteiger partial charge in [0.15, 0.2) is 0 Å². The lowest BCUT2D eigenvalue weighted by atomic mass is 9.86. The number of methoxy groups -OCH3 is 1. The average Bonchev–Trinajstić information content (AvgIpc) is 3.52. The first-order valence-corrected chi connectivity index (χ1v) is 20.1. The molecule has 7 aromatic rings. The molecule has 0 unspecified atom stereocenters. The zero-order valence-corrected chi connectivity index (χ0v) is 33.8. The first-order chi connectivity index (χ1) is 28.4. The zero-order valence-electron chi connectivity index (χ0n) is 33.8. The highest BCUT2D eigenvalue weighted by Crippen LogP contribution is 2.48. The molecule has 7 aromatic carbocycles. The molecule has 0 fully saturated rings. The van der Waals surface area contributed by atoms with Gasteiger partial charge in [-0.25, -0.2) is 0 Å². The lowest BCUT2D eigenvalue weighted by Crippen LogP contribution is -2.15. The Kier molecular flexibility index (Phi) is 10.9. The summed E-state index contributed by atoms with van der Waals surface area (Å²) < 4.78 is 6.25. The van der Waals surface area contributed by atoms with Crippen LogP contribution in [0.25, 0.3) is 43.8 Å². The van der Waals surface area contributed by atoms with Crippen molar-refractivity contribution in [2.75, 3.05) is 12.0 Å². The van der Waals surface area contributed by atoms with Crippen molar-refractivity contribution in [2.24, 2.45) is 0 Å². The molecule has 58 heavy (non-hydrogen) atoms. The lowest BCUT2D eigenvalue weighted by Gasteiger charge is -2.30. The third kappa shape index (κ3) is 7.62. The van der Waals surface area contributed by atoms with Crippen molar-refractivity contribution in [3.05, 3.63) is 229 Å². The second-order valence-corrected chi connectivity index (χ2v) is 15.3. The highest BCUT2D eigenvalue weighted by molar-refractivity contribution is 6.03. The molecule has 0 radical (unpaired) electrons. The number of nitrogens with zero attached hydrogens (tertiary/aromatic N) is 1. The minimum Gasteiger partial charge on any atom is -0.496 e. The monoisotopic (exact) mass is 751 g/mol. The second kappa shape index (κ2) is 16.7. The number of ether oxygens (including phenoxy) is 1. The number of hydrogen-bond acceptors (Lipinski definition) is 2. The zero-order chi connectivity index (χ0) is 40.1. The van der Waals surface area contributed by atoms with Gasteiger partial charge >= 0.3 is 0 Å². The Morgan fingerprint density at radius 1 is 0.707 bits per heavy atom. The van der Waals surface area contributed by atoms with Crippen molar-refractivity contribution < 1.29 is 4.74 Å². The van der Waals surface area contributed by atoms with Gasteiger partial charge in [-0.3, -0.25) is 0 Å². The minimum absolute atomic E-state index is 0.135. The summed E-state index contributed by atoms with van der Waals surface area (Å²) in [5.74, 6) is 0.889. The third-order valence-corrected chi connectivity index (χ3v) is 11.1. The fraction of sp³-hybridized carbons (Fsp3) is 0.107. The van der Waals surface area contributed by atoms with Gasteiger partial charge < -0.3 is 9.64 Å². The van der Waals surface area contributed by atoms with Crippen LogP contribution in [-0.4, -0.2) is 7.11 Å². The highest BCUT2D eigenvalue weighted by Gasteiger charge is 2.30. The summed E-state index contributed by atoms with van der Waals surface area (Å²) in [6, 6.07) is 52.5. The van der Waals surface area contributed by atoms with Gasteiger partial charge in [-0.15, -0.1) is 0 Å². The molecule has 0 N–H and O–H groups in total. The quantitative estimate of drug-likeness (QED) is 0.115. The van der Waals surface area contributed by atoms with E-state index in [-0.39, 0.29) is 5.41 Å². The van der Waals surface area contributed by atoms with E-state index in [0.29, 0.717) is 6.42 Å². The molecule has 1 aliphatic rings. The average molecular weight is 752 g/mol. The summed E-state index contributed by atoms with van der Waals surface area (Å²) in [7, 11) is 1.78. The van der Waals surface area contributed by atoms with Gasteiger partial charge in [-0.1, -0.05) is 184 Å². The van der Waals surface area contributed by atoms with Gasteiger partial charge in [0.25, 0.3) is 0 Å². The van der Waals surface area contributed by atoms with Crippen LogP contribution in [0.2, 0.25) is 0 Å². The second-order valence-electron chi connectivity index (χ2n) is 15.3. The molecule has 0 bridgehead atoms. The first-order valence-electron chi connectivity index (χ1n) is 20.1. The van der Waals surface area contributed by atoms with Crippen molar-refractivity contribution in [1.82, 2.24) is 0 Å². The Morgan fingerprint density at radius 3 is 2.17 bits per heavy atom. The van der Waals surface area contributed by atoms with E-state index in [1.54, 1.807) is 7.11 Å². The lowest BCUT2D eigenvalue weighted by molar-refractivity contribution is 0.416. The summed E-state index contributed by atoms with van der Waals surface area (Å²) in [5.41, 5.74) is 12.7. The van der Waals surface area contributed by atoms with Gasteiger partial charge in [-0.2, -0.15) is 0 Å². The molecule has 0 aromatic heterocycles. The molecule has 0 atom stereocenters. The van der Waals surface area contributed by atoms with E-state index in [2.05, 4.69) is 220 Å². The number of anilines is 3. The molecule has 1 aliphatic carbocycles. The topological polar surface area (TPSA) is 12.5 Å². The van der Waals surface area contributed by atoms with Gasteiger partial charge in [-0.05, 0) is 99.5 Å². The summed E-state index contributed by atoms with van der Waals surface area (Å²) in [6.45, 7) is 10.7. The number of allylic oxidation sites excluding steroid dienone is 11. The van der Waals surface area contributed by atoms with E-state index in [1.807, 2.05) is 13.0 Å². The Labute approximate surface area is 343 Å². The molecule has 0 aliphatic heterocycles. The van der Waals surface area contributed by atoms with Crippen molar-refractivity contribution in [1.29, 1.82) is 0 Å². The van der Waals surface area contributed by atoms with Gasteiger partial charge in [0.05, 0.1) is 12.8 Å². The fourth-order valence-electron chi connectivity index (χ4n) is 8.29. The van der Waals surface area contributed by atoms with E-state index in [4.69, 9.17) is 4.74 Å². The van der Waals surface area contributed by atoms with Crippen LogP contribution < -0.4 is 9.64 Å². The number of benzene rings is 7. The first kappa shape index (κ1) is 38.0. The SMILES string of the molecule is C=C/C=C(\C=C/Cc1cc(N(c2ccc(-c3ccccc3)cc2)c2ccc3c(c2)C(C)(C)C=C3/C=C\C=C/C)c2ccccc2c1OC)c1ccc2ccccc2c1. The molecule has 0 heterocycles. The standard InChI is InChI=1S/C56H49NO/c1-6-8-10-23-47-39-56(3,4)53-38-49(34-35-50(47)53)57(48-32-30-43(31-33-48)41-19-11-9-12-20-41)54-37-46(55(58-5)52-27-16-15-26-51(52)54)25-17-24-40(18-7-2)45-29-28-42-21-13-14-22-44(42)36-45/h6-24,26-39H,2,25H2,1,3-5H3/b8-6-,23-10-,24-17-,40-18+. The molecule has 8 rings (SSSR count). The van der Waals surface area contributed by atoms with E-state index >= 15 is 0 Å². The van der Waals surface area contributed by atoms with Crippen molar-refractivity contribution >= 4 is 49.8 Å². The van der Waals surface area contributed by atoms with Crippen LogP contribution >= 0.6 is 0 Å². The Morgan fingerprint density at radius 2 is 1.41 bits per heavy atom. The van der Waals surface area contributed by atoms with Gasteiger partial charge in [0.1, 0.15) is 5.75 Å². The highest BCUT2D eigenvalue weighted by atomic mass is 16.5. The molecule has 2 heteroatoms. The summed E-state index contributed by atoms with van der Waals surface area (Å²) in [6.07, 6.45) is 20.0. The van der Waals surface area contributed by atoms with Crippen molar-refractivity contribution in [3.8, 4) is 16.9 Å². The molecular formula is C56H49NO. The van der Waals surface area contributed by atoms with E-state index in [0.717, 1.165) is 50.3 Å². The largest absolute Gasteiger partial charge is 0.496 e. The van der Waals surface area contributed by atoms with Crippen molar-refractivity contribution in [3.63, 3.8) is 0 Å². The maximum Gasteiger partial charge on any atom is 0.130 e. The van der Waals surface area contributed by atoms with Crippen LogP contribution in [0.5, 0.6) is 5.75 Å². The van der Waals surface area contributed by atoms with E-state index in [1.165, 1.54) is 38.6 Å². The van der Waals surface area contributed by atoms with Crippen LogP contribution in [0.4, 0.5) is 17.1 Å². The molecular weight excluding hydrogens is 703 g/mol. The number of hydrogen-bond donors (Lipinski definition) is 0. The number of rotatable bonds is 12. The maximum atomic E-state index is 6.25. The smallest absolute Gasteiger partial charge is 0.130 e. The van der Waals surface area contributed by atoms with Crippen LogP contribution in [-0.2, 0) is 11.8 Å². The normalized spacial score (nSPS) is 13.8. The van der Waals surface area contributed by atoms with Gasteiger partial charge in [0, 0.05) is 33.1 Å². The number of fused-ring (bicyclic) bond motifs is 3. The minimum atomic E-state index is -0.135. The molecule has 0 amide bonds. The predicted octanol–water partition coefficient (Wildman–Crippen LogP) is 15.3. The van der Waals surface area contributed by atoms with Crippen LogP contribution in [0.15, 0.2) is 207 Å². The summed E-state index contributed by atoms with van der Waals surface area (Å²) in [5, 5.41) is 4.64. The molecule has 0 spiro atoms. The predicted molar refractivity (Wildman–Crippen MR) is 251 cm³/mol. The fourth-order valence-corrected chi connectivity index (χ4v) is 8.29. The van der Waals surface area contributed by atoms with Crippen LogP contribution in [0.1, 0.15) is 43.0 Å². The van der Waals surface area contributed by atoms with E-state index in [9.17, 15) is 0 Å². The van der Waals surface area contributed by atoms with Crippen LogP contribution in [0, 0.1) is 0 Å². The van der Waals surface area contributed by atoms with E-state index < -0.39 is 0 Å². The van der Waals surface area contributed by atoms with Crippen molar-refractivity contribution in [2.45, 2.75) is 32.6 Å². The maximum absolute atomic E-state index is 6.25.